The second kappa shape index (κ2) is 17.4. The fourth-order valence-electron chi connectivity index (χ4n) is 1.08. The zero-order valence-electron chi connectivity index (χ0n) is 10.5. The van der Waals surface area contributed by atoms with Crippen LogP contribution in [0.25, 0.3) is 0 Å². The highest BCUT2D eigenvalue weighted by Gasteiger charge is 1.94. The van der Waals surface area contributed by atoms with E-state index in [1.54, 1.807) is 0 Å². The van der Waals surface area contributed by atoms with Gasteiger partial charge in [0.15, 0.2) is 0 Å². The molecule has 3 nitrogen and oxygen atoms in total. The van der Waals surface area contributed by atoms with Gasteiger partial charge in [0.25, 0.3) is 0 Å². The number of rotatable bonds is 10. The van der Waals surface area contributed by atoms with Crippen molar-refractivity contribution in [3.8, 4) is 0 Å². The molecule has 6 heteroatoms. The highest BCUT2D eigenvalue weighted by atomic mass is 79.9. The lowest BCUT2D eigenvalue weighted by Crippen LogP contribution is -1.93. The molecule has 108 valence electrons. The summed E-state index contributed by atoms with van der Waals surface area (Å²) in [5, 5.41) is 9.98. The normalized spacial score (nSPS) is 9.50. The van der Waals surface area contributed by atoms with Crippen LogP contribution in [0.4, 0.5) is 0 Å². The van der Waals surface area contributed by atoms with Crippen LogP contribution in [0.1, 0.15) is 51.4 Å². The van der Waals surface area contributed by atoms with E-state index >= 15 is 0 Å². The van der Waals surface area contributed by atoms with Gasteiger partial charge in [-0.15, -0.1) is 0 Å². The summed E-state index contributed by atoms with van der Waals surface area (Å²) in [7, 11) is 0. The second-order valence-corrected chi connectivity index (χ2v) is 5.76. The maximum atomic E-state index is 10.2. The minimum Gasteiger partial charge on any atom is -0.481 e. The highest BCUT2D eigenvalue weighted by molar-refractivity contribution is 9.09. The third-order valence-electron chi connectivity index (χ3n) is 2.03. The van der Waals surface area contributed by atoms with Crippen molar-refractivity contribution in [3.05, 3.63) is 0 Å². The molecule has 0 aliphatic heterocycles. The van der Waals surface area contributed by atoms with E-state index in [2.05, 4.69) is 31.9 Å². The Morgan fingerprint density at radius 2 is 1.28 bits per heavy atom. The maximum Gasteiger partial charge on any atom is 0.303 e. The lowest BCUT2D eigenvalue weighted by molar-refractivity contribution is -0.137. The van der Waals surface area contributed by atoms with Crippen molar-refractivity contribution in [2.45, 2.75) is 51.4 Å². The third-order valence-corrected chi connectivity index (χ3v) is 3.34. The van der Waals surface area contributed by atoms with Gasteiger partial charge in [-0.1, -0.05) is 44.7 Å². The molecule has 0 aromatic carbocycles. The summed E-state index contributed by atoms with van der Waals surface area (Å²) < 4.78 is 0. The molecule has 0 fully saturated rings. The molecule has 0 aromatic heterocycles. The van der Waals surface area contributed by atoms with Crippen LogP contribution in [0.15, 0.2) is 0 Å². The quantitative estimate of drug-likeness (QED) is 0.323. The molecular weight excluding hydrogens is 387 g/mol. The van der Waals surface area contributed by atoms with Gasteiger partial charge in [-0.3, -0.25) is 9.59 Å². The Morgan fingerprint density at radius 1 is 0.833 bits per heavy atom. The van der Waals surface area contributed by atoms with Gasteiger partial charge in [-0.2, -0.15) is 0 Å². The standard InChI is InChI=1S/C6H10BrClO.C6H11BrO2/c2*7-5-3-1-2-4-6(8)9/h1-5H2;1-5H2,(H,8,9). The fourth-order valence-corrected chi connectivity index (χ4v) is 2.01. The van der Waals surface area contributed by atoms with Crippen LogP contribution in [0.5, 0.6) is 0 Å². The summed E-state index contributed by atoms with van der Waals surface area (Å²) in [5.74, 6) is -0.690. The van der Waals surface area contributed by atoms with Crippen LogP contribution in [0, 0.1) is 0 Å². The molecule has 0 saturated heterocycles. The van der Waals surface area contributed by atoms with Gasteiger partial charge in [0.1, 0.15) is 0 Å². The Bertz CT molecular complexity index is 191. The second-order valence-electron chi connectivity index (χ2n) is 3.75. The first-order chi connectivity index (χ1) is 8.54. The van der Waals surface area contributed by atoms with Crippen LogP contribution in [0.3, 0.4) is 0 Å². The van der Waals surface area contributed by atoms with Gasteiger partial charge in [-0.25, -0.2) is 0 Å². The number of hydrogen-bond acceptors (Lipinski definition) is 2. The lowest BCUT2D eigenvalue weighted by Gasteiger charge is -1.92. The van der Waals surface area contributed by atoms with Gasteiger partial charge >= 0.3 is 5.97 Å². The molecule has 0 rings (SSSR count). The SMILES string of the molecule is O=C(Cl)CCCCCBr.O=C(O)CCCCCBr. The predicted molar refractivity (Wildman–Crippen MR) is 83.0 cm³/mol. The number of alkyl halides is 2. The van der Waals surface area contributed by atoms with E-state index in [1.165, 1.54) is 0 Å². The number of unbranched alkanes of at least 4 members (excludes halogenated alkanes) is 4. The zero-order valence-corrected chi connectivity index (χ0v) is 14.4. The number of carbonyl (C=O) groups excluding carboxylic acids is 1. The molecule has 0 amide bonds. The molecule has 0 aliphatic carbocycles. The third kappa shape index (κ3) is 25.3. The Hall–Kier alpha value is 0.390. The highest BCUT2D eigenvalue weighted by Crippen LogP contribution is 2.03. The van der Waals surface area contributed by atoms with Gasteiger partial charge in [-0.05, 0) is 37.3 Å². The van der Waals surface area contributed by atoms with Crippen molar-refractivity contribution in [3.63, 3.8) is 0 Å². The number of halogens is 3. The van der Waals surface area contributed by atoms with Crippen molar-refractivity contribution in [2.75, 3.05) is 10.7 Å². The summed E-state index contributed by atoms with van der Waals surface area (Å²) in [5.41, 5.74) is 0. The Morgan fingerprint density at radius 3 is 1.61 bits per heavy atom. The molecule has 0 heterocycles. The van der Waals surface area contributed by atoms with Crippen LogP contribution >= 0.6 is 43.5 Å². The Kier molecular flexibility index (Phi) is 20.0. The van der Waals surface area contributed by atoms with E-state index in [-0.39, 0.29) is 5.24 Å². The van der Waals surface area contributed by atoms with Gasteiger partial charge in [0.05, 0.1) is 0 Å². The molecule has 0 unspecified atom stereocenters. The molecule has 0 spiro atoms. The van der Waals surface area contributed by atoms with E-state index in [1.807, 2.05) is 0 Å². The summed E-state index contributed by atoms with van der Waals surface area (Å²) in [6.45, 7) is 0. The van der Waals surface area contributed by atoms with Gasteiger partial charge in [0, 0.05) is 23.5 Å². The fraction of sp³-hybridized carbons (Fsp3) is 0.833. The molecule has 0 radical (unpaired) electrons. The lowest BCUT2D eigenvalue weighted by atomic mass is 10.2. The van der Waals surface area contributed by atoms with E-state index in [0.29, 0.717) is 12.8 Å². The molecule has 0 aliphatic rings. The van der Waals surface area contributed by atoms with Crippen molar-refractivity contribution < 1.29 is 14.7 Å². The zero-order chi connectivity index (χ0) is 14.2. The first-order valence-corrected chi connectivity index (χ1v) is 8.68. The summed E-state index contributed by atoms with van der Waals surface area (Å²) >= 11 is 11.7. The van der Waals surface area contributed by atoms with Crippen molar-refractivity contribution in [1.82, 2.24) is 0 Å². The van der Waals surface area contributed by atoms with Crippen molar-refractivity contribution in [1.29, 1.82) is 0 Å². The number of carboxylic acids is 1. The smallest absolute Gasteiger partial charge is 0.303 e. The average molecular weight is 409 g/mol. The van der Waals surface area contributed by atoms with Gasteiger partial charge in [0.2, 0.25) is 5.24 Å². The average Bonchev–Trinajstić information content (AvgIpc) is 2.31. The van der Waals surface area contributed by atoms with Crippen molar-refractivity contribution >= 4 is 54.7 Å². The van der Waals surface area contributed by atoms with Crippen molar-refractivity contribution in [2.24, 2.45) is 0 Å². The van der Waals surface area contributed by atoms with E-state index in [4.69, 9.17) is 16.7 Å². The van der Waals surface area contributed by atoms with E-state index < -0.39 is 5.97 Å². The van der Waals surface area contributed by atoms with E-state index in [9.17, 15) is 9.59 Å². The van der Waals surface area contributed by atoms with Crippen LogP contribution in [0.2, 0.25) is 0 Å². The largest absolute Gasteiger partial charge is 0.481 e. The molecule has 1 N–H and O–H groups in total. The number of aliphatic carboxylic acids is 1. The first kappa shape index (κ1) is 20.7. The number of carbonyl (C=O) groups is 2. The molecular formula is C12H21Br2ClO3. The molecule has 0 saturated carbocycles. The van der Waals surface area contributed by atoms with Crippen LogP contribution < -0.4 is 0 Å². The molecule has 0 bridgehead atoms. The minimum atomic E-state index is -0.690. The topological polar surface area (TPSA) is 54.4 Å². The Labute approximate surface area is 131 Å². The summed E-state index contributed by atoms with van der Waals surface area (Å²) in [6, 6.07) is 0. The van der Waals surface area contributed by atoms with Crippen LogP contribution in [-0.4, -0.2) is 27.0 Å². The first-order valence-electron chi connectivity index (χ1n) is 6.06. The van der Waals surface area contributed by atoms with Crippen LogP contribution in [-0.2, 0) is 9.59 Å². The molecule has 0 aromatic rings. The minimum absolute atomic E-state index is 0.218. The predicted octanol–water partition coefficient (Wildman–Crippen LogP) is 4.73. The number of hydrogen-bond donors (Lipinski definition) is 1. The van der Waals surface area contributed by atoms with Gasteiger partial charge < -0.3 is 5.11 Å². The summed E-state index contributed by atoms with van der Waals surface area (Å²) in [6.07, 6.45) is 6.87. The summed E-state index contributed by atoms with van der Waals surface area (Å²) in [4.78, 5) is 20.1. The van der Waals surface area contributed by atoms with E-state index in [0.717, 1.165) is 49.2 Å². The molecule has 0 atom stereocenters. The molecule has 18 heavy (non-hydrogen) atoms. The Balaban J connectivity index is 0. The maximum absolute atomic E-state index is 10.2. The monoisotopic (exact) mass is 406 g/mol. The number of carboxylic acid groups (broad SMARTS) is 1.